The van der Waals surface area contributed by atoms with Gasteiger partial charge in [0.15, 0.2) is 0 Å². The molecule has 0 aromatic heterocycles. The minimum Gasteiger partial charge on any atom is -0.385 e. The predicted octanol–water partition coefficient (Wildman–Crippen LogP) is 1.98. The van der Waals surface area contributed by atoms with E-state index in [1.165, 1.54) is 22.1 Å². The van der Waals surface area contributed by atoms with Gasteiger partial charge in [0.25, 0.3) is 0 Å². The molecule has 2 aliphatic rings. The third kappa shape index (κ3) is 2.38. The van der Waals surface area contributed by atoms with Crippen LogP contribution in [0.2, 0.25) is 0 Å². The highest BCUT2D eigenvalue weighted by Gasteiger charge is 2.47. The SMILES string of the molecule is OC1(C2CCCCN2)CN(c2ccc(I)cc2)C1. The number of nitrogens with one attached hydrogen (secondary N) is 1. The summed E-state index contributed by atoms with van der Waals surface area (Å²) in [6.07, 6.45) is 3.59. The molecule has 1 aromatic rings. The maximum absolute atomic E-state index is 10.6. The molecular formula is C14H19IN2O. The molecule has 2 fully saturated rings. The van der Waals surface area contributed by atoms with Crippen LogP contribution in [0.25, 0.3) is 0 Å². The van der Waals surface area contributed by atoms with Gasteiger partial charge in [-0.2, -0.15) is 0 Å². The van der Waals surface area contributed by atoms with Crippen LogP contribution in [0.4, 0.5) is 5.69 Å². The average molecular weight is 358 g/mol. The molecule has 2 N–H and O–H groups in total. The lowest BCUT2D eigenvalue weighted by Crippen LogP contribution is -2.71. The van der Waals surface area contributed by atoms with Crippen molar-refractivity contribution in [3.8, 4) is 0 Å². The summed E-state index contributed by atoms with van der Waals surface area (Å²) in [5, 5.41) is 14.1. The van der Waals surface area contributed by atoms with Gasteiger partial charge in [0.1, 0.15) is 5.60 Å². The van der Waals surface area contributed by atoms with Gasteiger partial charge in [0, 0.05) is 15.3 Å². The zero-order valence-corrected chi connectivity index (χ0v) is 12.6. The van der Waals surface area contributed by atoms with Crippen LogP contribution in [0.3, 0.4) is 0 Å². The van der Waals surface area contributed by atoms with E-state index in [9.17, 15) is 5.11 Å². The smallest absolute Gasteiger partial charge is 0.115 e. The fourth-order valence-corrected chi connectivity index (χ4v) is 3.34. The number of anilines is 1. The fourth-order valence-electron chi connectivity index (χ4n) is 2.98. The number of nitrogens with zero attached hydrogens (tertiary/aromatic N) is 1. The summed E-state index contributed by atoms with van der Waals surface area (Å²) in [6.45, 7) is 2.56. The van der Waals surface area contributed by atoms with E-state index in [1.54, 1.807) is 0 Å². The number of β-amino-alcohol motifs (C(OH)–C–C–N with tert-alkyl or cyclic N) is 1. The average Bonchev–Trinajstić information content (AvgIpc) is 2.37. The summed E-state index contributed by atoms with van der Waals surface area (Å²) < 4.78 is 1.25. The van der Waals surface area contributed by atoms with E-state index in [2.05, 4.69) is 57.1 Å². The topological polar surface area (TPSA) is 35.5 Å². The Hall–Kier alpha value is -0.330. The first kappa shape index (κ1) is 12.7. The number of piperidine rings is 1. The summed E-state index contributed by atoms with van der Waals surface area (Å²) >= 11 is 2.31. The normalized spacial score (nSPS) is 26.8. The molecule has 18 heavy (non-hydrogen) atoms. The van der Waals surface area contributed by atoms with E-state index in [0.29, 0.717) is 0 Å². The molecule has 0 amide bonds. The molecule has 0 aliphatic carbocycles. The zero-order chi connectivity index (χ0) is 12.6. The lowest BCUT2D eigenvalue weighted by atomic mass is 9.81. The highest BCUT2D eigenvalue weighted by molar-refractivity contribution is 14.1. The summed E-state index contributed by atoms with van der Waals surface area (Å²) in [7, 11) is 0. The molecule has 1 aromatic carbocycles. The molecule has 4 heteroatoms. The van der Waals surface area contributed by atoms with Gasteiger partial charge in [-0.1, -0.05) is 6.42 Å². The largest absolute Gasteiger partial charge is 0.385 e. The second kappa shape index (κ2) is 4.98. The van der Waals surface area contributed by atoms with Crippen molar-refractivity contribution in [3.63, 3.8) is 0 Å². The van der Waals surface area contributed by atoms with E-state index < -0.39 is 5.60 Å². The number of hydrogen-bond acceptors (Lipinski definition) is 3. The molecule has 98 valence electrons. The van der Waals surface area contributed by atoms with E-state index in [-0.39, 0.29) is 6.04 Å². The van der Waals surface area contributed by atoms with Gasteiger partial charge < -0.3 is 15.3 Å². The van der Waals surface area contributed by atoms with Crippen molar-refractivity contribution in [2.24, 2.45) is 0 Å². The van der Waals surface area contributed by atoms with Crippen LogP contribution < -0.4 is 10.2 Å². The molecule has 2 heterocycles. The predicted molar refractivity (Wildman–Crippen MR) is 82.0 cm³/mol. The summed E-state index contributed by atoms with van der Waals surface area (Å²) in [5.74, 6) is 0. The third-order valence-electron chi connectivity index (χ3n) is 4.08. The van der Waals surface area contributed by atoms with E-state index in [1.807, 2.05) is 0 Å². The number of aliphatic hydroxyl groups is 1. The van der Waals surface area contributed by atoms with Crippen molar-refractivity contribution in [1.82, 2.24) is 5.32 Å². The number of rotatable bonds is 2. The molecule has 0 spiro atoms. The monoisotopic (exact) mass is 358 g/mol. The minimum absolute atomic E-state index is 0.284. The fraction of sp³-hybridized carbons (Fsp3) is 0.571. The van der Waals surface area contributed by atoms with E-state index >= 15 is 0 Å². The maximum Gasteiger partial charge on any atom is 0.115 e. The maximum atomic E-state index is 10.6. The zero-order valence-electron chi connectivity index (χ0n) is 10.4. The Balaban J connectivity index is 1.63. The molecule has 1 atom stereocenters. The van der Waals surface area contributed by atoms with Crippen molar-refractivity contribution in [2.75, 3.05) is 24.5 Å². The van der Waals surface area contributed by atoms with Crippen LogP contribution in [0.15, 0.2) is 24.3 Å². The van der Waals surface area contributed by atoms with Gasteiger partial charge in [0.2, 0.25) is 0 Å². The van der Waals surface area contributed by atoms with Crippen molar-refractivity contribution in [3.05, 3.63) is 27.8 Å². The Labute approximate surface area is 122 Å². The molecular weight excluding hydrogens is 339 g/mol. The first-order valence-electron chi connectivity index (χ1n) is 6.64. The summed E-state index contributed by atoms with van der Waals surface area (Å²) in [6, 6.07) is 8.79. The van der Waals surface area contributed by atoms with Gasteiger partial charge in [-0.05, 0) is 66.2 Å². The van der Waals surface area contributed by atoms with Gasteiger partial charge in [-0.25, -0.2) is 0 Å². The van der Waals surface area contributed by atoms with Gasteiger partial charge in [-0.15, -0.1) is 0 Å². The molecule has 0 saturated carbocycles. The van der Waals surface area contributed by atoms with Crippen molar-refractivity contribution in [1.29, 1.82) is 0 Å². The minimum atomic E-state index is -0.524. The molecule has 3 rings (SSSR count). The Kier molecular flexibility index (Phi) is 3.51. The summed E-state index contributed by atoms with van der Waals surface area (Å²) in [4.78, 5) is 2.26. The Morgan fingerprint density at radius 1 is 1.22 bits per heavy atom. The lowest BCUT2D eigenvalue weighted by Gasteiger charge is -2.52. The third-order valence-corrected chi connectivity index (χ3v) is 4.80. The molecule has 0 radical (unpaired) electrons. The molecule has 0 bridgehead atoms. The van der Waals surface area contributed by atoms with E-state index in [4.69, 9.17) is 0 Å². The van der Waals surface area contributed by atoms with Crippen LogP contribution >= 0.6 is 22.6 Å². The Morgan fingerprint density at radius 3 is 2.56 bits per heavy atom. The van der Waals surface area contributed by atoms with Gasteiger partial charge in [0.05, 0.1) is 13.1 Å². The van der Waals surface area contributed by atoms with Crippen molar-refractivity contribution >= 4 is 28.3 Å². The highest BCUT2D eigenvalue weighted by atomic mass is 127. The molecule has 1 unspecified atom stereocenters. The molecule has 2 aliphatic heterocycles. The first-order valence-corrected chi connectivity index (χ1v) is 7.72. The summed E-state index contributed by atoms with van der Waals surface area (Å²) in [5.41, 5.74) is 0.694. The quantitative estimate of drug-likeness (QED) is 0.794. The van der Waals surface area contributed by atoms with E-state index in [0.717, 1.165) is 26.1 Å². The first-order chi connectivity index (χ1) is 8.67. The molecule has 2 saturated heterocycles. The molecule has 3 nitrogen and oxygen atoms in total. The van der Waals surface area contributed by atoms with Crippen LogP contribution in [-0.2, 0) is 0 Å². The van der Waals surface area contributed by atoms with Crippen LogP contribution in [0.5, 0.6) is 0 Å². The van der Waals surface area contributed by atoms with Crippen LogP contribution in [0, 0.1) is 3.57 Å². The Morgan fingerprint density at radius 2 is 1.94 bits per heavy atom. The van der Waals surface area contributed by atoms with Crippen molar-refractivity contribution in [2.45, 2.75) is 30.9 Å². The van der Waals surface area contributed by atoms with Gasteiger partial charge >= 0.3 is 0 Å². The number of benzene rings is 1. The van der Waals surface area contributed by atoms with Gasteiger partial charge in [-0.3, -0.25) is 0 Å². The number of halogens is 1. The standard InChI is InChI=1S/C14H19IN2O/c15-11-4-6-12(7-5-11)17-9-14(18,10-17)13-3-1-2-8-16-13/h4-7,13,16,18H,1-3,8-10H2. The lowest BCUT2D eigenvalue weighted by molar-refractivity contribution is -0.0309. The van der Waals surface area contributed by atoms with Crippen LogP contribution in [-0.4, -0.2) is 36.4 Å². The second-order valence-corrected chi connectivity index (χ2v) is 6.68. The van der Waals surface area contributed by atoms with Crippen molar-refractivity contribution < 1.29 is 5.11 Å². The second-order valence-electron chi connectivity index (χ2n) is 5.44. The van der Waals surface area contributed by atoms with Crippen LogP contribution in [0.1, 0.15) is 19.3 Å². The highest BCUT2D eigenvalue weighted by Crippen LogP contribution is 2.32. The Bertz CT molecular complexity index is 408. The number of hydrogen-bond donors (Lipinski definition) is 2.